The molecule has 0 spiro atoms. The molecule has 0 amide bonds. The standard InChI is InChI=1S/C24H17Br2N3/c1-14-20(13-27)23-24(29(14)18-11-9-17(26)10-12-18)22(15-5-7-16(25)8-6-15)19-3-2-4-21(19)28-23/h5-12H,2-4H2,1H3. The lowest BCUT2D eigenvalue weighted by Crippen LogP contribution is -2.01. The van der Waals surface area contributed by atoms with Crippen LogP contribution in [0.2, 0.25) is 0 Å². The second kappa shape index (κ2) is 7.12. The Kier molecular flexibility index (Phi) is 4.57. The largest absolute Gasteiger partial charge is 0.310 e. The molecule has 2 heterocycles. The third-order valence-electron chi connectivity index (χ3n) is 5.69. The predicted molar refractivity (Wildman–Crippen MR) is 123 cm³/mol. The summed E-state index contributed by atoms with van der Waals surface area (Å²) in [5.74, 6) is 0. The Bertz CT molecular complexity index is 1290. The number of hydrogen-bond acceptors (Lipinski definition) is 2. The first-order valence-corrected chi connectivity index (χ1v) is 11.2. The highest BCUT2D eigenvalue weighted by Gasteiger charge is 2.27. The van der Waals surface area contributed by atoms with Crippen LogP contribution in [0.4, 0.5) is 0 Å². The second-order valence-corrected chi connectivity index (χ2v) is 9.19. The van der Waals surface area contributed by atoms with Crippen molar-refractivity contribution in [3.05, 3.63) is 80.0 Å². The molecule has 0 fully saturated rings. The maximum atomic E-state index is 9.95. The van der Waals surface area contributed by atoms with Crippen molar-refractivity contribution in [3.8, 4) is 22.9 Å². The van der Waals surface area contributed by atoms with Crippen LogP contribution in [0.5, 0.6) is 0 Å². The molecule has 0 saturated carbocycles. The van der Waals surface area contributed by atoms with E-state index in [4.69, 9.17) is 4.98 Å². The summed E-state index contributed by atoms with van der Waals surface area (Å²) in [6.45, 7) is 2.01. The topological polar surface area (TPSA) is 41.6 Å². The summed E-state index contributed by atoms with van der Waals surface area (Å²) < 4.78 is 4.28. The maximum Gasteiger partial charge on any atom is 0.108 e. The molecule has 142 valence electrons. The van der Waals surface area contributed by atoms with Crippen LogP contribution >= 0.6 is 31.9 Å². The van der Waals surface area contributed by atoms with Gasteiger partial charge in [-0.05, 0) is 73.7 Å². The molecule has 29 heavy (non-hydrogen) atoms. The van der Waals surface area contributed by atoms with Crippen LogP contribution in [0.25, 0.3) is 27.8 Å². The fourth-order valence-corrected chi connectivity index (χ4v) is 4.92. The number of rotatable bonds is 2. The smallest absolute Gasteiger partial charge is 0.108 e. The van der Waals surface area contributed by atoms with Crippen LogP contribution in [-0.2, 0) is 12.8 Å². The van der Waals surface area contributed by atoms with E-state index in [-0.39, 0.29) is 0 Å². The van der Waals surface area contributed by atoms with Crippen LogP contribution in [0.1, 0.15) is 28.9 Å². The van der Waals surface area contributed by atoms with E-state index in [1.807, 2.05) is 19.1 Å². The molecule has 4 aromatic rings. The molecule has 0 saturated heterocycles. The van der Waals surface area contributed by atoms with Gasteiger partial charge in [0.2, 0.25) is 0 Å². The lowest BCUT2D eigenvalue weighted by molar-refractivity contribution is 0.901. The van der Waals surface area contributed by atoms with Gasteiger partial charge in [-0.2, -0.15) is 5.26 Å². The zero-order chi connectivity index (χ0) is 20.1. The average Bonchev–Trinajstić information content (AvgIpc) is 3.29. The van der Waals surface area contributed by atoms with E-state index in [1.165, 1.54) is 16.7 Å². The lowest BCUT2D eigenvalue weighted by atomic mass is 9.97. The van der Waals surface area contributed by atoms with Crippen molar-refractivity contribution in [2.75, 3.05) is 0 Å². The zero-order valence-electron chi connectivity index (χ0n) is 15.8. The minimum absolute atomic E-state index is 0.663. The molecule has 5 heteroatoms. The van der Waals surface area contributed by atoms with Crippen molar-refractivity contribution in [1.29, 1.82) is 5.26 Å². The second-order valence-electron chi connectivity index (χ2n) is 7.35. The van der Waals surface area contributed by atoms with E-state index >= 15 is 0 Å². The van der Waals surface area contributed by atoms with Crippen LogP contribution in [0.15, 0.2) is 57.5 Å². The van der Waals surface area contributed by atoms with Gasteiger partial charge in [0.25, 0.3) is 0 Å². The van der Waals surface area contributed by atoms with Gasteiger partial charge in [-0.3, -0.25) is 0 Å². The van der Waals surface area contributed by atoms with Crippen molar-refractivity contribution >= 4 is 42.9 Å². The normalized spacial score (nSPS) is 12.9. The van der Waals surface area contributed by atoms with Gasteiger partial charge in [-0.1, -0.05) is 44.0 Å². The van der Waals surface area contributed by atoms with Crippen molar-refractivity contribution in [2.45, 2.75) is 26.2 Å². The molecule has 0 unspecified atom stereocenters. The van der Waals surface area contributed by atoms with Gasteiger partial charge in [0, 0.05) is 31.6 Å². The molecule has 3 nitrogen and oxygen atoms in total. The molecule has 0 atom stereocenters. The number of benzene rings is 2. The van der Waals surface area contributed by atoms with E-state index < -0.39 is 0 Å². The first kappa shape index (κ1) is 18.6. The highest BCUT2D eigenvalue weighted by atomic mass is 79.9. The SMILES string of the molecule is Cc1c(C#N)c2nc3c(c(-c4ccc(Br)cc4)c2n1-c1ccc(Br)cc1)CCC3. The van der Waals surface area contributed by atoms with E-state index in [0.29, 0.717) is 5.56 Å². The first-order chi connectivity index (χ1) is 14.1. The number of pyridine rings is 1. The lowest BCUT2D eigenvalue weighted by Gasteiger charge is -2.15. The molecule has 0 bridgehead atoms. The fourth-order valence-electron chi connectivity index (χ4n) is 4.39. The number of nitriles is 1. The van der Waals surface area contributed by atoms with Gasteiger partial charge in [0.15, 0.2) is 0 Å². The minimum Gasteiger partial charge on any atom is -0.310 e. The monoisotopic (exact) mass is 505 g/mol. The highest BCUT2D eigenvalue weighted by Crippen LogP contribution is 2.41. The molecule has 0 aliphatic heterocycles. The maximum absolute atomic E-state index is 9.95. The number of aromatic nitrogens is 2. The summed E-state index contributed by atoms with van der Waals surface area (Å²) >= 11 is 7.08. The Hall–Kier alpha value is -2.42. The van der Waals surface area contributed by atoms with Crippen LogP contribution in [-0.4, -0.2) is 9.55 Å². The van der Waals surface area contributed by atoms with E-state index in [9.17, 15) is 5.26 Å². The predicted octanol–water partition coefficient (Wildman–Crippen LogP) is 6.89. The van der Waals surface area contributed by atoms with E-state index in [2.05, 4.69) is 78.9 Å². The Morgan fingerprint density at radius 2 is 1.62 bits per heavy atom. The van der Waals surface area contributed by atoms with Crippen LogP contribution in [0.3, 0.4) is 0 Å². The molecule has 0 N–H and O–H groups in total. The number of halogens is 2. The van der Waals surface area contributed by atoms with Crippen LogP contribution in [0, 0.1) is 18.3 Å². The highest BCUT2D eigenvalue weighted by molar-refractivity contribution is 9.10. The van der Waals surface area contributed by atoms with Gasteiger partial charge >= 0.3 is 0 Å². The summed E-state index contributed by atoms with van der Waals surface area (Å²) in [6.07, 6.45) is 3.11. The fraction of sp³-hybridized carbons (Fsp3) is 0.167. The van der Waals surface area contributed by atoms with Crippen molar-refractivity contribution in [2.24, 2.45) is 0 Å². The van der Waals surface area contributed by atoms with Crippen molar-refractivity contribution < 1.29 is 0 Å². The third-order valence-corrected chi connectivity index (χ3v) is 6.74. The van der Waals surface area contributed by atoms with E-state index in [1.54, 1.807) is 0 Å². The Morgan fingerprint density at radius 1 is 0.966 bits per heavy atom. The quantitative estimate of drug-likeness (QED) is 0.297. The number of hydrogen-bond donors (Lipinski definition) is 0. The molecule has 1 aliphatic carbocycles. The Morgan fingerprint density at radius 3 is 2.28 bits per heavy atom. The van der Waals surface area contributed by atoms with Gasteiger partial charge in [-0.25, -0.2) is 4.98 Å². The van der Waals surface area contributed by atoms with Crippen molar-refractivity contribution in [1.82, 2.24) is 9.55 Å². The molecule has 2 aromatic heterocycles. The number of fused-ring (bicyclic) bond motifs is 2. The summed E-state index contributed by atoms with van der Waals surface area (Å²) in [5.41, 5.74) is 9.31. The van der Waals surface area contributed by atoms with Gasteiger partial charge < -0.3 is 4.57 Å². The van der Waals surface area contributed by atoms with Gasteiger partial charge in [0.1, 0.15) is 11.6 Å². The summed E-state index contributed by atoms with van der Waals surface area (Å²) in [4.78, 5) is 4.99. The first-order valence-electron chi connectivity index (χ1n) is 9.57. The molecule has 0 radical (unpaired) electrons. The number of nitrogens with zero attached hydrogens (tertiary/aromatic N) is 3. The average molecular weight is 507 g/mol. The molecular weight excluding hydrogens is 490 g/mol. The molecule has 5 rings (SSSR count). The third kappa shape index (κ3) is 2.94. The van der Waals surface area contributed by atoms with Gasteiger partial charge in [0.05, 0.1) is 11.1 Å². The van der Waals surface area contributed by atoms with Gasteiger partial charge in [-0.15, -0.1) is 0 Å². The van der Waals surface area contributed by atoms with E-state index in [0.717, 1.165) is 56.3 Å². The summed E-state index contributed by atoms with van der Waals surface area (Å²) in [5, 5.41) is 9.95. The zero-order valence-corrected chi connectivity index (χ0v) is 19.0. The molecule has 2 aromatic carbocycles. The Labute approximate surface area is 186 Å². The number of aryl methyl sites for hydroxylation is 1. The summed E-state index contributed by atoms with van der Waals surface area (Å²) in [7, 11) is 0. The van der Waals surface area contributed by atoms with Crippen molar-refractivity contribution in [3.63, 3.8) is 0 Å². The minimum atomic E-state index is 0.663. The molecule has 1 aliphatic rings. The Balaban J connectivity index is 1.95. The summed E-state index contributed by atoms with van der Waals surface area (Å²) in [6, 6.07) is 19.1. The van der Waals surface area contributed by atoms with Crippen LogP contribution < -0.4 is 0 Å². The molecular formula is C24H17Br2N3.